The van der Waals surface area contributed by atoms with Crippen LogP contribution >= 0.6 is 0 Å². The Labute approximate surface area is 86.7 Å². The van der Waals surface area contributed by atoms with Crippen LogP contribution in [0.4, 0.5) is 5.95 Å². The van der Waals surface area contributed by atoms with Crippen LogP contribution in [-0.2, 0) is 4.74 Å². The molecule has 7 heteroatoms. The maximum atomic E-state index is 11.3. The van der Waals surface area contributed by atoms with Crippen LogP contribution in [0.3, 0.4) is 0 Å². The number of hydrogen-bond donors (Lipinski definition) is 3. The fourth-order valence-electron chi connectivity index (χ4n) is 0.901. The number of rotatable bonds is 6. The molecule has 1 heterocycles. The van der Waals surface area contributed by atoms with Crippen molar-refractivity contribution in [3.63, 3.8) is 0 Å². The van der Waals surface area contributed by atoms with Gasteiger partial charge in [-0.15, -0.1) is 5.10 Å². The van der Waals surface area contributed by atoms with Crippen LogP contribution in [0.25, 0.3) is 0 Å². The summed E-state index contributed by atoms with van der Waals surface area (Å²) in [5, 5.41) is 8.58. The summed E-state index contributed by atoms with van der Waals surface area (Å²) < 4.78 is 4.88. The zero-order valence-corrected chi connectivity index (χ0v) is 8.19. The fourth-order valence-corrected chi connectivity index (χ4v) is 0.901. The van der Waals surface area contributed by atoms with Crippen molar-refractivity contribution in [3.05, 3.63) is 18.7 Å². The van der Waals surface area contributed by atoms with Gasteiger partial charge in [0.2, 0.25) is 11.8 Å². The molecule has 0 aliphatic heterocycles. The van der Waals surface area contributed by atoms with Gasteiger partial charge in [-0.05, 0) is 6.42 Å². The Morgan fingerprint density at radius 2 is 2.53 bits per heavy atom. The Bertz CT molecular complexity index is 336. The van der Waals surface area contributed by atoms with Gasteiger partial charge in [-0.1, -0.05) is 6.58 Å². The molecule has 1 aromatic heterocycles. The molecule has 7 nitrogen and oxygen atoms in total. The normalized spacial score (nSPS) is 9.60. The fraction of sp³-hybridized carbons (Fsp3) is 0.375. The number of nitrogens with two attached hydrogens (primary N) is 1. The van der Waals surface area contributed by atoms with Gasteiger partial charge in [0.05, 0.1) is 12.9 Å². The van der Waals surface area contributed by atoms with E-state index in [0.717, 1.165) is 0 Å². The zero-order chi connectivity index (χ0) is 11.1. The van der Waals surface area contributed by atoms with Gasteiger partial charge < -0.3 is 15.8 Å². The Morgan fingerprint density at radius 1 is 1.73 bits per heavy atom. The van der Waals surface area contributed by atoms with Gasteiger partial charge in [0, 0.05) is 6.54 Å². The second-order valence-corrected chi connectivity index (χ2v) is 2.69. The first-order valence-corrected chi connectivity index (χ1v) is 4.42. The lowest BCUT2D eigenvalue weighted by molar-refractivity contribution is 0.0940. The van der Waals surface area contributed by atoms with Crippen molar-refractivity contribution in [2.75, 3.05) is 18.9 Å². The molecule has 0 saturated carbocycles. The number of nitrogens with one attached hydrogen (secondary N) is 2. The molecular formula is C8H13N5O2. The van der Waals surface area contributed by atoms with Crippen LogP contribution in [0.1, 0.15) is 17.0 Å². The molecule has 4 N–H and O–H groups in total. The van der Waals surface area contributed by atoms with Gasteiger partial charge in [-0.2, -0.15) is 4.98 Å². The van der Waals surface area contributed by atoms with Gasteiger partial charge in [0.1, 0.15) is 0 Å². The van der Waals surface area contributed by atoms with Gasteiger partial charge >= 0.3 is 0 Å². The molecule has 1 amide bonds. The quantitative estimate of drug-likeness (QED) is 0.441. The second kappa shape index (κ2) is 5.63. The molecule has 0 fully saturated rings. The highest BCUT2D eigenvalue weighted by atomic mass is 16.5. The molecule has 0 aromatic carbocycles. The van der Waals surface area contributed by atoms with Gasteiger partial charge in [-0.3, -0.25) is 9.89 Å². The maximum Gasteiger partial charge on any atom is 0.288 e. The van der Waals surface area contributed by atoms with Crippen LogP contribution in [-0.4, -0.2) is 34.2 Å². The standard InChI is InChI=1S/C8H13N5O2/c1-2-15-5-3-4-10-7(14)6-11-8(9)13-12-6/h2H,1,3-5H2,(H,10,14)(H3,9,11,12,13). The molecule has 0 bridgehead atoms. The molecule has 0 aliphatic rings. The number of H-pyrrole nitrogens is 1. The highest BCUT2D eigenvalue weighted by Gasteiger charge is 2.08. The number of amides is 1. The summed E-state index contributed by atoms with van der Waals surface area (Å²) in [4.78, 5) is 15.0. The lowest BCUT2D eigenvalue weighted by atomic mass is 10.4. The van der Waals surface area contributed by atoms with E-state index >= 15 is 0 Å². The van der Waals surface area contributed by atoms with E-state index in [1.165, 1.54) is 6.26 Å². The number of ether oxygens (including phenoxy) is 1. The second-order valence-electron chi connectivity index (χ2n) is 2.69. The molecule has 0 saturated heterocycles. The third kappa shape index (κ3) is 3.67. The molecular weight excluding hydrogens is 198 g/mol. The topological polar surface area (TPSA) is 106 Å². The van der Waals surface area contributed by atoms with Crippen molar-refractivity contribution in [2.24, 2.45) is 0 Å². The predicted octanol–water partition coefficient (Wildman–Crippen LogP) is -0.333. The van der Waals surface area contributed by atoms with Crippen LogP contribution in [0, 0.1) is 0 Å². The average molecular weight is 211 g/mol. The first-order valence-electron chi connectivity index (χ1n) is 4.42. The third-order valence-electron chi connectivity index (χ3n) is 1.56. The van der Waals surface area contributed by atoms with E-state index in [1.54, 1.807) is 0 Å². The summed E-state index contributed by atoms with van der Waals surface area (Å²) in [5.74, 6) is -0.176. The Balaban J connectivity index is 2.22. The minimum atomic E-state index is -0.335. The number of anilines is 1. The first kappa shape index (κ1) is 11.0. The monoisotopic (exact) mass is 211 g/mol. The SMILES string of the molecule is C=COCCCNC(=O)c1nc(N)n[nH]1. The van der Waals surface area contributed by atoms with Crippen molar-refractivity contribution in [1.82, 2.24) is 20.5 Å². The molecule has 1 aromatic rings. The molecule has 1 rings (SSSR count). The van der Waals surface area contributed by atoms with Crippen molar-refractivity contribution < 1.29 is 9.53 Å². The van der Waals surface area contributed by atoms with E-state index in [9.17, 15) is 4.79 Å². The highest BCUT2D eigenvalue weighted by Crippen LogP contribution is 1.92. The summed E-state index contributed by atoms with van der Waals surface area (Å²) in [6, 6.07) is 0. The largest absolute Gasteiger partial charge is 0.502 e. The van der Waals surface area contributed by atoms with Crippen molar-refractivity contribution >= 4 is 11.9 Å². The molecule has 15 heavy (non-hydrogen) atoms. The van der Waals surface area contributed by atoms with Crippen LogP contribution in [0.2, 0.25) is 0 Å². The predicted molar refractivity (Wildman–Crippen MR) is 53.9 cm³/mol. The van der Waals surface area contributed by atoms with Gasteiger partial charge in [0.15, 0.2) is 0 Å². The third-order valence-corrected chi connectivity index (χ3v) is 1.56. The molecule has 0 aliphatic carbocycles. The van der Waals surface area contributed by atoms with E-state index in [0.29, 0.717) is 19.6 Å². The molecule has 0 spiro atoms. The molecule has 0 unspecified atom stereocenters. The van der Waals surface area contributed by atoms with Crippen LogP contribution in [0.5, 0.6) is 0 Å². The van der Waals surface area contributed by atoms with E-state index in [-0.39, 0.29) is 17.7 Å². The summed E-state index contributed by atoms with van der Waals surface area (Å²) in [6.45, 7) is 4.41. The van der Waals surface area contributed by atoms with E-state index < -0.39 is 0 Å². The van der Waals surface area contributed by atoms with Crippen molar-refractivity contribution in [1.29, 1.82) is 0 Å². The highest BCUT2D eigenvalue weighted by molar-refractivity contribution is 5.90. The number of aromatic amines is 1. The van der Waals surface area contributed by atoms with E-state index in [4.69, 9.17) is 10.5 Å². The number of nitrogen functional groups attached to an aromatic ring is 1. The van der Waals surface area contributed by atoms with E-state index in [2.05, 4.69) is 27.1 Å². The summed E-state index contributed by atoms with van der Waals surface area (Å²) in [6.07, 6.45) is 2.06. The average Bonchev–Trinajstić information content (AvgIpc) is 2.64. The van der Waals surface area contributed by atoms with Gasteiger partial charge in [0.25, 0.3) is 5.91 Å². The molecule has 0 radical (unpaired) electrons. The Morgan fingerprint density at radius 3 is 3.13 bits per heavy atom. The van der Waals surface area contributed by atoms with Crippen LogP contribution < -0.4 is 11.1 Å². The number of hydrogen-bond acceptors (Lipinski definition) is 5. The summed E-state index contributed by atoms with van der Waals surface area (Å²) in [7, 11) is 0. The number of carbonyl (C=O) groups is 1. The zero-order valence-electron chi connectivity index (χ0n) is 8.19. The number of aromatic nitrogens is 3. The minimum absolute atomic E-state index is 0.0511. The minimum Gasteiger partial charge on any atom is -0.502 e. The molecule has 0 atom stereocenters. The lowest BCUT2D eigenvalue weighted by Crippen LogP contribution is -2.26. The number of carbonyl (C=O) groups excluding carboxylic acids is 1. The van der Waals surface area contributed by atoms with Crippen molar-refractivity contribution in [2.45, 2.75) is 6.42 Å². The molecule has 82 valence electrons. The van der Waals surface area contributed by atoms with Gasteiger partial charge in [-0.25, -0.2) is 0 Å². The first-order chi connectivity index (χ1) is 7.24. The number of nitrogens with zero attached hydrogens (tertiary/aromatic N) is 2. The maximum absolute atomic E-state index is 11.3. The lowest BCUT2D eigenvalue weighted by Gasteiger charge is -2.02. The van der Waals surface area contributed by atoms with Crippen molar-refractivity contribution in [3.8, 4) is 0 Å². The summed E-state index contributed by atoms with van der Waals surface area (Å²) >= 11 is 0. The smallest absolute Gasteiger partial charge is 0.288 e. The Kier molecular flexibility index (Phi) is 4.14. The summed E-state index contributed by atoms with van der Waals surface area (Å²) in [5.41, 5.74) is 5.25. The Hall–Kier alpha value is -2.05. The van der Waals surface area contributed by atoms with E-state index in [1.807, 2.05) is 0 Å². The van der Waals surface area contributed by atoms with Crippen LogP contribution in [0.15, 0.2) is 12.8 Å².